The molecule has 35 heavy (non-hydrogen) atoms. The molecule has 1 heterocycles. The van der Waals surface area contributed by atoms with E-state index in [1.165, 1.54) is 6.07 Å². The van der Waals surface area contributed by atoms with E-state index in [1.807, 2.05) is 60.7 Å². The summed E-state index contributed by atoms with van der Waals surface area (Å²) in [5, 5.41) is 9.64. The maximum Gasteiger partial charge on any atom is 0.335 e. The molecule has 0 saturated carbocycles. The van der Waals surface area contributed by atoms with Crippen LogP contribution >= 0.6 is 0 Å². The molecular weight excluding hydrogens is 468 g/mol. The van der Waals surface area contributed by atoms with Gasteiger partial charge in [-0.1, -0.05) is 91.0 Å². The molecule has 0 bridgehead atoms. The summed E-state index contributed by atoms with van der Waals surface area (Å²) in [6.45, 7) is 0. The van der Waals surface area contributed by atoms with Crippen LogP contribution in [-0.2, 0) is 21.7 Å². The molecule has 0 atom stereocenters. The molecule has 7 nitrogen and oxygen atoms in total. The first kappa shape index (κ1) is 22.5. The van der Waals surface area contributed by atoms with Gasteiger partial charge in [0.25, 0.3) is 0 Å². The average Bonchev–Trinajstić information content (AvgIpc) is 3.27. The molecule has 5 rings (SSSR count). The Morgan fingerprint density at radius 3 is 1.89 bits per heavy atom. The van der Waals surface area contributed by atoms with Gasteiger partial charge >= 0.3 is 21.9 Å². The van der Waals surface area contributed by atoms with E-state index in [0.29, 0.717) is 16.7 Å². The summed E-state index contributed by atoms with van der Waals surface area (Å²) >= 11 is 0. The van der Waals surface area contributed by atoms with Crippen molar-refractivity contribution in [3.05, 3.63) is 125 Å². The smallest absolute Gasteiger partial charge is 0.335 e. The van der Waals surface area contributed by atoms with Crippen molar-refractivity contribution in [3.8, 4) is 17.2 Å². The molecule has 0 radical (unpaired) electrons. The summed E-state index contributed by atoms with van der Waals surface area (Å²) < 4.78 is 43.8. The second-order valence-corrected chi connectivity index (χ2v) is 9.50. The second-order valence-electron chi connectivity index (χ2n) is 7.93. The van der Waals surface area contributed by atoms with E-state index in [1.54, 1.807) is 30.3 Å². The monoisotopic (exact) mass is 488 g/mol. The molecule has 0 fully saturated rings. The Morgan fingerprint density at radius 1 is 0.800 bits per heavy atom. The Labute approximate surface area is 202 Å². The van der Waals surface area contributed by atoms with Crippen molar-refractivity contribution in [1.82, 2.24) is 0 Å². The second kappa shape index (κ2) is 8.81. The Hall–Kier alpha value is -4.30. The molecule has 176 valence electrons. The number of benzene rings is 4. The third-order valence-electron chi connectivity index (χ3n) is 5.48. The number of fused-ring (bicyclic) bond motifs is 1. The zero-order valence-electron chi connectivity index (χ0n) is 18.3. The zero-order valence-corrected chi connectivity index (χ0v) is 19.1. The molecule has 4 aromatic carbocycles. The maximum atomic E-state index is 12.9. The highest BCUT2D eigenvalue weighted by molar-refractivity contribution is 7.86. The first-order chi connectivity index (χ1) is 16.9. The Morgan fingerprint density at radius 2 is 1.34 bits per heavy atom. The van der Waals surface area contributed by atoms with E-state index >= 15 is 0 Å². The van der Waals surface area contributed by atoms with E-state index in [-0.39, 0.29) is 22.8 Å². The number of carbonyl (C=O) groups is 1. The molecule has 0 aromatic heterocycles. The van der Waals surface area contributed by atoms with Crippen LogP contribution < -0.4 is 13.7 Å². The number of aromatic carboxylic acids is 1. The minimum absolute atomic E-state index is 0.000609. The fourth-order valence-corrected chi connectivity index (χ4v) is 4.98. The fourth-order valence-electron chi connectivity index (χ4n) is 3.92. The predicted octanol–water partition coefficient (Wildman–Crippen LogP) is 4.97. The fraction of sp³-hybridized carbons (Fsp3) is 0.0741. The summed E-state index contributed by atoms with van der Waals surface area (Å²) in [4.78, 5) is 11.8. The van der Waals surface area contributed by atoms with Crippen LogP contribution in [0.5, 0.6) is 17.2 Å². The molecule has 1 aliphatic rings. The summed E-state index contributed by atoms with van der Waals surface area (Å²) in [6, 6.07) is 29.2. The highest BCUT2D eigenvalue weighted by Crippen LogP contribution is 2.52. The van der Waals surface area contributed by atoms with Gasteiger partial charge < -0.3 is 18.8 Å². The highest BCUT2D eigenvalue weighted by Gasteiger charge is 2.47. The van der Waals surface area contributed by atoms with Gasteiger partial charge in [0.05, 0.1) is 5.56 Å². The van der Waals surface area contributed by atoms with Gasteiger partial charge in [-0.2, -0.15) is 8.42 Å². The lowest BCUT2D eigenvalue weighted by Crippen LogP contribution is -2.36. The highest BCUT2D eigenvalue weighted by atomic mass is 32.2. The SMILES string of the molecule is O=C(O)c1cc2c(c(OS(=O)(=O)Cc3ccccc3)c1)OC(c1ccccc1)(c1ccccc1)O2. The van der Waals surface area contributed by atoms with Gasteiger partial charge in [0.15, 0.2) is 11.5 Å². The largest absolute Gasteiger partial charge is 0.478 e. The van der Waals surface area contributed by atoms with Crippen molar-refractivity contribution in [3.63, 3.8) is 0 Å². The van der Waals surface area contributed by atoms with E-state index in [0.717, 1.165) is 6.07 Å². The summed E-state index contributed by atoms with van der Waals surface area (Å²) in [5.41, 5.74) is 1.60. The van der Waals surface area contributed by atoms with E-state index in [2.05, 4.69) is 0 Å². The number of ether oxygens (including phenoxy) is 2. The van der Waals surface area contributed by atoms with Crippen LogP contribution in [0.25, 0.3) is 0 Å². The van der Waals surface area contributed by atoms with E-state index in [4.69, 9.17) is 13.7 Å². The minimum Gasteiger partial charge on any atom is -0.478 e. The molecule has 4 aromatic rings. The van der Waals surface area contributed by atoms with Gasteiger partial charge in [0.1, 0.15) is 5.75 Å². The van der Waals surface area contributed by atoms with Gasteiger partial charge in [-0.25, -0.2) is 4.79 Å². The average molecular weight is 489 g/mol. The number of rotatable bonds is 7. The van der Waals surface area contributed by atoms with Crippen molar-refractivity contribution in [1.29, 1.82) is 0 Å². The topological polar surface area (TPSA) is 99.1 Å². The van der Waals surface area contributed by atoms with Gasteiger partial charge in [-0.3, -0.25) is 0 Å². The third kappa shape index (κ3) is 4.43. The van der Waals surface area contributed by atoms with Crippen molar-refractivity contribution >= 4 is 16.1 Å². The van der Waals surface area contributed by atoms with Gasteiger partial charge in [0.2, 0.25) is 5.75 Å². The number of carboxylic acids is 1. The minimum atomic E-state index is -4.15. The van der Waals surface area contributed by atoms with Crippen LogP contribution in [0, 0.1) is 0 Å². The summed E-state index contributed by atoms with van der Waals surface area (Å²) in [5.74, 6) is -3.34. The number of hydrogen-bond acceptors (Lipinski definition) is 6. The van der Waals surface area contributed by atoms with Crippen LogP contribution in [-0.4, -0.2) is 19.5 Å². The molecule has 0 saturated heterocycles. The lowest BCUT2D eigenvalue weighted by molar-refractivity contribution is -0.0464. The van der Waals surface area contributed by atoms with Crippen molar-refractivity contribution in [2.75, 3.05) is 0 Å². The quantitative estimate of drug-likeness (QED) is 0.367. The molecule has 0 amide bonds. The molecule has 1 aliphatic heterocycles. The molecule has 1 N–H and O–H groups in total. The standard InChI is InChI=1S/C27H20O7S/c28-26(29)20-16-23-25(24(17-20)34-35(30,31)18-19-10-4-1-5-11-19)33-27(32-23,21-12-6-2-7-13-21)22-14-8-3-9-15-22/h1-17H,18H2,(H,28,29). The van der Waals surface area contributed by atoms with E-state index < -0.39 is 27.6 Å². The van der Waals surface area contributed by atoms with Crippen LogP contribution in [0.3, 0.4) is 0 Å². The molecule has 8 heteroatoms. The van der Waals surface area contributed by atoms with Crippen LogP contribution in [0.15, 0.2) is 103 Å². The lowest BCUT2D eigenvalue weighted by Gasteiger charge is -2.28. The van der Waals surface area contributed by atoms with Crippen LogP contribution in [0.4, 0.5) is 0 Å². The first-order valence-corrected chi connectivity index (χ1v) is 12.3. The summed E-state index contributed by atoms with van der Waals surface area (Å²) in [7, 11) is -4.15. The Balaban J connectivity index is 1.60. The molecule has 0 unspecified atom stereocenters. The normalized spacial score (nSPS) is 13.8. The Kier molecular flexibility index (Phi) is 5.66. The molecule has 0 spiro atoms. The molecular formula is C27H20O7S. The van der Waals surface area contributed by atoms with Crippen LogP contribution in [0.2, 0.25) is 0 Å². The number of hydrogen-bond donors (Lipinski definition) is 1. The van der Waals surface area contributed by atoms with Crippen LogP contribution in [0.1, 0.15) is 27.0 Å². The zero-order chi connectivity index (χ0) is 24.5. The van der Waals surface area contributed by atoms with Crippen molar-refractivity contribution in [2.45, 2.75) is 11.5 Å². The lowest BCUT2D eigenvalue weighted by atomic mass is 9.97. The van der Waals surface area contributed by atoms with Gasteiger partial charge in [0, 0.05) is 17.2 Å². The predicted molar refractivity (Wildman–Crippen MR) is 128 cm³/mol. The maximum absolute atomic E-state index is 12.9. The van der Waals surface area contributed by atoms with E-state index in [9.17, 15) is 18.3 Å². The van der Waals surface area contributed by atoms with Crippen molar-refractivity contribution < 1.29 is 32.0 Å². The van der Waals surface area contributed by atoms with Crippen molar-refractivity contribution in [2.24, 2.45) is 0 Å². The molecule has 0 aliphatic carbocycles. The Bertz CT molecular complexity index is 1430. The van der Waals surface area contributed by atoms with Gasteiger partial charge in [-0.05, 0) is 11.6 Å². The third-order valence-corrected chi connectivity index (χ3v) is 6.60. The first-order valence-electron chi connectivity index (χ1n) is 10.7. The number of carboxylic acid groups (broad SMARTS) is 1. The van der Waals surface area contributed by atoms with Gasteiger partial charge in [-0.15, -0.1) is 0 Å². The summed E-state index contributed by atoms with van der Waals surface area (Å²) in [6.07, 6.45) is 0.